The Labute approximate surface area is 127 Å². The fourth-order valence-electron chi connectivity index (χ4n) is 2.54. The number of halogens is 1. The average Bonchev–Trinajstić information content (AvgIpc) is 3.15. The van der Waals surface area contributed by atoms with E-state index in [0.29, 0.717) is 12.0 Å². The van der Waals surface area contributed by atoms with Gasteiger partial charge in [-0.15, -0.1) is 11.3 Å². The van der Waals surface area contributed by atoms with Crippen LogP contribution in [0.2, 0.25) is 0 Å². The van der Waals surface area contributed by atoms with Crippen LogP contribution in [0.4, 0.5) is 4.39 Å². The van der Waals surface area contributed by atoms with Crippen molar-refractivity contribution in [3.8, 4) is 10.4 Å². The number of benzene rings is 1. The van der Waals surface area contributed by atoms with E-state index in [1.165, 1.54) is 17.0 Å². The van der Waals surface area contributed by atoms with Gasteiger partial charge >= 0.3 is 0 Å². The Morgan fingerprint density at radius 2 is 1.95 bits per heavy atom. The van der Waals surface area contributed by atoms with E-state index < -0.39 is 0 Å². The molecule has 1 aliphatic carbocycles. The zero-order valence-corrected chi connectivity index (χ0v) is 12.4. The van der Waals surface area contributed by atoms with Crippen molar-refractivity contribution in [2.75, 3.05) is 6.61 Å². The van der Waals surface area contributed by atoms with E-state index in [9.17, 15) is 4.39 Å². The molecule has 2 nitrogen and oxygen atoms in total. The number of hydrogen-bond acceptors (Lipinski definition) is 3. The molecule has 2 aromatic rings. The molecule has 2 atom stereocenters. The predicted molar refractivity (Wildman–Crippen MR) is 84.7 cm³/mol. The molecule has 3 rings (SSSR count). The van der Waals surface area contributed by atoms with Gasteiger partial charge in [0.15, 0.2) is 0 Å². The summed E-state index contributed by atoms with van der Waals surface area (Å²) >= 11 is 1.72. The van der Waals surface area contributed by atoms with E-state index >= 15 is 0 Å². The van der Waals surface area contributed by atoms with Gasteiger partial charge in [0, 0.05) is 34.9 Å². The summed E-state index contributed by atoms with van der Waals surface area (Å²) in [5, 5.41) is 12.6. The SMILES string of the molecule is OC[C@H]1C=C[C@@H](NCc2ccc(-c3ccc(F)cc3)s2)C1. The topological polar surface area (TPSA) is 32.3 Å². The van der Waals surface area contributed by atoms with Crippen molar-refractivity contribution >= 4 is 11.3 Å². The summed E-state index contributed by atoms with van der Waals surface area (Å²) in [5.74, 6) is 0.0873. The Bertz CT molecular complexity index is 620. The van der Waals surface area contributed by atoms with Crippen LogP contribution >= 0.6 is 11.3 Å². The third-order valence-corrected chi connectivity index (χ3v) is 4.87. The van der Waals surface area contributed by atoms with Gasteiger partial charge in [0.05, 0.1) is 0 Å². The maximum absolute atomic E-state index is 12.9. The molecule has 1 aromatic heterocycles. The van der Waals surface area contributed by atoms with E-state index in [2.05, 4.69) is 29.6 Å². The number of thiophene rings is 1. The summed E-state index contributed by atoms with van der Waals surface area (Å²) in [4.78, 5) is 2.41. The highest BCUT2D eigenvalue weighted by molar-refractivity contribution is 7.15. The van der Waals surface area contributed by atoms with Crippen LogP contribution < -0.4 is 5.32 Å². The van der Waals surface area contributed by atoms with Gasteiger partial charge in [0.25, 0.3) is 0 Å². The number of nitrogens with one attached hydrogen (secondary N) is 1. The summed E-state index contributed by atoms with van der Waals surface area (Å²) in [7, 11) is 0. The first-order valence-electron chi connectivity index (χ1n) is 7.12. The molecule has 21 heavy (non-hydrogen) atoms. The Morgan fingerprint density at radius 3 is 2.67 bits per heavy atom. The molecule has 1 aromatic carbocycles. The quantitative estimate of drug-likeness (QED) is 0.828. The first-order valence-corrected chi connectivity index (χ1v) is 7.93. The van der Waals surface area contributed by atoms with Gasteiger partial charge in [-0.3, -0.25) is 0 Å². The van der Waals surface area contributed by atoms with Gasteiger partial charge in [-0.1, -0.05) is 24.3 Å². The monoisotopic (exact) mass is 303 g/mol. The van der Waals surface area contributed by atoms with Crippen LogP contribution in [-0.2, 0) is 6.54 Å². The second kappa shape index (κ2) is 6.52. The molecule has 0 saturated carbocycles. The zero-order valence-electron chi connectivity index (χ0n) is 11.6. The zero-order chi connectivity index (χ0) is 14.7. The lowest BCUT2D eigenvalue weighted by Crippen LogP contribution is -2.25. The van der Waals surface area contributed by atoms with Crippen molar-refractivity contribution in [2.45, 2.75) is 19.0 Å². The molecule has 0 aliphatic heterocycles. The highest BCUT2D eigenvalue weighted by Crippen LogP contribution is 2.28. The van der Waals surface area contributed by atoms with Gasteiger partial charge in [0.1, 0.15) is 5.82 Å². The molecule has 0 spiro atoms. The minimum atomic E-state index is -0.205. The Hall–Kier alpha value is -1.49. The van der Waals surface area contributed by atoms with Gasteiger partial charge in [-0.05, 0) is 36.2 Å². The average molecular weight is 303 g/mol. The van der Waals surface area contributed by atoms with Crippen LogP contribution in [0, 0.1) is 11.7 Å². The van der Waals surface area contributed by atoms with Gasteiger partial charge in [-0.25, -0.2) is 4.39 Å². The van der Waals surface area contributed by atoms with Crippen molar-refractivity contribution in [1.82, 2.24) is 5.32 Å². The second-order valence-corrected chi connectivity index (χ2v) is 6.49. The van der Waals surface area contributed by atoms with Crippen LogP contribution in [0.1, 0.15) is 11.3 Å². The van der Waals surface area contributed by atoms with Crippen molar-refractivity contribution in [3.05, 3.63) is 59.2 Å². The number of rotatable bonds is 5. The normalized spacial score (nSPS) is 21.0. The molecule has 0 unspecified atom stereocenters. The van der Waals surface area contributed by atoms with Crippen LogP contribution in [-0.4, -0.2) is 17.8 Å². The maximum atomic E-state index is 12.9. The third-order valence-electron chi connectivity index (χ3n) is 3.74. The molecule has 1 aliphatic rings. The fraction of sp³-hybridized carbons (Fsp3) is 0.294. The predicted octanol–water partition coefficient (Wildman–Crippen LogP) is 3.58. The first-order chi connectivity index (χ1) is 10.2. The smallest absolute Gasteiger partial charge is 0.123 e. The molecule has 0 saturated heterocycles. The summed E-state index contributed by atoms with van der Waals surface area (Å²) < 4.78 is 12.9. The molecule has 1 heterocycles. The lowest BCUT2D eigenvalue weighted by molar-refractivity contribution is 0.246. The summed E-state index contributed by atoms with van der Waals surface area (Å²) in [6, 6.07) is 11.1. The Morgan fingerprint density at radius 1 is 1.14 bits per heavy atom. The molecule has 4 heteroatoms. The molecule has 0 radical (unpaired) electrons. The van der Waals surface area contributed by atoms with E-state index in [1.54, 1.807) is 11.3 Å². The fourth-order valence-corrected chi connectivity index (χ4v) is 3.50. The highest BCUT2D eigenvalue weighted by atomic mass is 32.1. The van der Waals surface area contributed by atoms with Gasteiger partial charge in [0.2, 0.25) is 0 Å². The van der Waals surface area contributed by atoms with Gasteiger partial charge in [-0.2, -0.15) is 0 Å². The minimum absolute atomic E-state index is 0.205. The van der Waals surface area contributed by atoms with Crippen molar-refractivity contribution in [3.63, 3.8) is 0 Å². The van der Waals surface area contributed by atoms with Crippen molar-refractivity contribution in [2.24, 2.45) is 5.92 Å². The van der Waals surface area contributed by atoms with Crippen LogP contribution in [0.15, 0.2) is 48.6 Å². The van der Waals surface area contributed by atoms with Crippen LogP contribution in [0.3, 0.4) is 0 Å². The van der Waals surface area contributed by atoms with Crippen LogP contribution in [0.25, 0.3) is 10.4 Å². The molecule has 110 valence electrons. The standard InChI is InChI=1S/C17H18FNOS/c18-14-4-2-13(3-5-14)17-8-7-16(21-17)10-19-15-6-1-12(9-15)11-20/h1-8,12,15,19-20H,9-11H2/t12-,15+/m0/s1. The Kier molecular flexibility index (Phi) is 4.48. The number of hydrogen-bond donors (Lipinski definition) is 2. The molecule has 0 bridgehead atoms. The lowest BCUT2D eigenvalue weighted by atomic mass is 10.1. The van der Waals surface area contributed by atoms with E-state index in [0.717, 1.165) is 23.4 Å². The molecular formula is C17H18FNOS. The van der Waals surface area contributed by atoms with Crippen molar-refractivity contribution in [1.29, 1.82) is 0 Å². The molecule has 0 amide bonds. The number of aliphatic hydroxyl groups is 1. The lowest BCUT2D eigenvalue weighted by Gasteiger charge is -2.11. The van der Waals surface area contributed by atoms with E-state index in [1.807, 2.05) is 12.1 Å². The van der Waals surface area contributed by atoms with Crippen molar-refractivity contribution < 1.29 is 9.50 Å². The van der Waals surface area contributed by atoms with Crippen LogP contribution in [0.5, 0.6) is 0 Å². The maximum Gasteiger partial charge on any atom is 0.123 e. The molecular weight excluding hydrogens is 285 g/mol. The largest absolute Gasteiger partial charge is 0.396 e. The number of aliphatic hydroxyl groups excluding tert-OH is 1. The Balaban J connectivity index is 1.58. The highest BCUT2D eigenvalue weighted by Gasteiger charge is 2.17. The summed E-state index contributed by atoms with van der Waals surface area (Å²) in [5.41, 5.74) is 1.05. The van der Waals surface area contributed by atoms with E-state index in [-0.39, 0.29) is 12.4 Å². The van der Waals surface area contributed by atoms with E-state index in [4.69, 9.17) is 5.11 Å². The summed E-state index contributed by atoms with van der Waals surface area (Å²) in [6.07, 6.45) is 5.18. The molecule has 0 fully saturated rings. The minimum Gasteiger partial charge on any atom is -0.396 e. The second-order valence-electron chi connectivity index (χ2n) is 5.32. The third kappa shape index (κ3) is 3.59. The summed E-state index contributed by atoms with van der Waals surface area (Å²) in [6.45, 7) is 1.04. The molecule has 2 N–H and O–H groups in total. The first kappa shape index (κ1) is 14.4. The van der Waals surface area contributed by atoms with Gasteiger partial charge < -0.3 is 10.4 Å².